The van der Waals surface area contributed by atoms with E-state index in [1.54, 1.807) is 35.7 Å². The van der Waals surface area contributed by atoms with E-state index in [9.17, 15) is 9.18 Å². The molecule has 140 valence electrons. The number of carbonyl (C=O) groups excluding carboxylic acids is 1. The highest BCUT2D eigenvalue weighted by atomic mass is 35.5. The van der Waals surface area contributed by atoms with Crippen molar-refractivity contribution in [3.8, 4) is 10.6 Å². The van der Waals surface area contributed by atoms with Gasteiger partial charge in [0.15, 0.2) is 0 Å². The van der Waals surface area contributed by atoms with Gasteiger partial charge in [-0.2, -0.15) is 0 Å². The summed E-state index contributed by atoms with van der Waals surface area (Å²) in [5, 5.41) is 0.532. The van der Waals surface area contributed by atoms with E-state index in [2.05, 4.69) is 9.88 Å². The van der Waals surface area contributed by atoms with Crippen LogP contribution < -0.4 is 0 Å². The van der Waals surface area contributed by atoms with Crippen LogP contribution in [0.1, 0.15) is 14.5 Å². The Balaban J connectivity index is 1.38. The van der Waals surface area contributed by atoms with Crippen LogP contribution in [-0.4, -0.2) is 46.9 Å². The molecule has 0 spiro atoms. The van der Waals surface area contributed by atoms with Crippen LogP contribution >= 0.6 is 34.3 Å². The maximum absolute atomic E-state index is 13.9. The first kappa shape index (κ1) is 18.6. The molecule has 1 fully saturated rings. The minimum Gasteiger partial charge on any atom is -0.335 e. The molecule has 1 aliphatic rings. The van der Waals surface area contributed by atoms with Crippen molar-refractivity contribution >= 4 is 40.2 Å². The summed E-state index contributed by atoms with van der Waals surface area (Å²) >= 11 is 8.82. The van der Waals surface area contributed by atoms with Crippen LogP contribution in [-0.2, 0) is 6.54 Å². The van der Waals surface area contributed by atoms with E-state index in [4.69, 9.17) is 11.6 Å². The molecule has 0 unspecified atom stereocenters. The molecule has 1 amide bonds. The average Bonchev–Trinajstić information content (AvgIpc) is 3.31. The Bertz CT molecular complexity index is 950. The van der Waals surface area contributed by atoms with Crippen molar-refractivity contribution in [2.24, 2.45) is 0 Å². The van der Waals surface area contributed by atoms with Crippen LogP contribution in [0.3, 0.4) is 0 Å². The van der Waals surface area contributed by atoms with Crippen LogP contribution in [0.2, 0.25) is 4.34 Å². The summed E-state index contributed by atoms with van der Waals surface area (Å²) < 4.78 is 14.7. The number of aromatic nitrogens is 1. The number of rotatable bonds is 4. The predicted molar refractivity (Wildman–Crippen MR) is 108 cm³/mol. The standard InChI is InChI=1S/C19H17ClFN3OS2/c20-17-6-5-13(26-17)12-23-7-9-24(10-8-23)19(25)16-11-22-18(27-16)14-3-1-2-4-15(14)21/h1-6,11H,7-10,12H2. The van der Waals surface area contributed by atoms with Crippen LogP contribution in [0.5, 0.6) is 0 Å². The van der Waals surface area contributed by atoms with Gasteiger partial charge in [-0.3, -0.25) is 9.69 Å². The van der Waals surface area contributed by atoms with E-state index >= 15 is 0 Å². The zero-order chi connectivity index (χ0) is 18.8. The van der Waals surface area contributed by atoms with E-state index in [0.717, 1.165) is 24.0 Å². The summed E-state index contributed by atoms with van der Waals surface area (Å²) in [6.07, 6.45) is 1.55. The summed E-state index contributed by atoms with van der Waals surface area (Å²) in [5.74, 6) is -0.359. The summed E-state index contributed by atoms with van der Waals surface area (Å²) in [5.41, 5.74) is 0.431. The van der Waals surface area contributed by atoms with Crippen molar-refractivity contribution in [3.05, 3.63) is 62.5 Å². The molecule has 2 aromatic heterocycles. The topological polar surface area (TPSA) is 36.4 Å². The SMILES string of the molecule is O=C(c1cnc(-c2ccccc2F)s1)N1CCN(Cc2ccc(Cl)s2)CC1. The number of amides is 1. The third kappa shape index (κ3) is 4.21. The van der Waals surface area contributed by atoms with Gasteiger partial charge in [0.2, 0.25) is 0 Å². The van der Waals surface area contributed by atoms with Crippen LogP contribution in [0.25, 0.3) is 10.6 Å². The van der Waals surface area contributed by atoms with E-state index in [0.29, 0.717) is 28.5 Å². The monoisotopic (exact) mass is 421 g/mol. The molecular weight excluding hydrogens is 405 g/mol. The van der Waals surface area contributed by atoms with Gasteiger partial charge in [-0.15, -0.1) is 22.7 Å². The average molecular weight is 422 g/mol. The van der Waals surface area contributed by atoms with Gasteiger partial charge < -0.3 is 4.90 Å². The van der Waals surface area contributed by atoms with Gasteiger partial charge >= 0.3 is 0 Å². The number of benzene rings is 1. The first-order valence-corrected chi connectivity index (χ1v) is 10.6. The van der Waals surface area contributed by atoms with Crippen molar-refractivity contribution in [3.63, 3.8) is 0 Å². The second kappa shape index (κ2) is 8.06. The van der Waals surface area contributed by atoms with E-state index in [-0.39, 0.29) is 11.7 Å². The number of hydrogen-bond acceptors (Lipinski definition) is 5. The smallest absolute Gasteiger partial charge is 0.265 e. The number of hydrogen-bond donors (Lipinski definition) is 0. The minimum atomic E-state index is -0.326. The number of carbonyl (C=O) groups is 1. The molecule has 1 saturated heterocycles. The molecule has 0 aliphatic carbocycles. The Labute approximate surface area is 169 Å². The quantitative estimate of drug-likeness (QED) is 0.616. The van der Waals surface area contributed by atoms with Gasteiger partial charge in [0.25, 0.3) is 5.91 Å². The number of halogens is 2. The van der Waals surface area contributed by atoms with Gasteiger partial charge in [-0.25, -0.2) is 9.37 Å². The normalized spacial score (nSPS) is 15.3. The van der Waals surface area contributed by atoms with E-state index < -0.39 is 0 Å². The molecule has 0 bridgehead atoms. The Kier molecular flexibility index (Phi) is 5.54. The number of thiophene rings is 1. The number of thiazole rings is 1. The molecule has 0 atom stereocenters. The van der Waals surface area contributed by atoms with Gasteiger partial charge in [0, 0.05) is 43.2 Å². The van der Waals surface area contributed by atoms with Crippen molar-refractivity contribution in [2.45, 2.75) is 6.54 Å². The van der Waals surface area contributed by atoms with Crippen molar-refractivity contribution in [2.75, 3.05) is 26.2 Å². The second-order valence-corrected chi connectivity index (χ2v) is 9.11. The first-order valence-electron chi connectivity index (χ1n) is 8.57. The summed E-state index contributed by atoms with van der Waals surface area (Å²) in [7, 11) is 0. The summed E-state index contributed by atoms with van der Waals surface area (Å²) in [6.45, 7) is 3.84. The lowest BCUT2D eigenvalue weighted by Crippen LogP contribution is -2.48. The molecule has 0 saturated carbocycles. The van der Waals surface area contributed by atoms with E-state index in [1.807, 2.05) is 17.0 Å². The molecule has 4 nitrogen and oxygen atoms in total. The Morgan fingerprint density at radius 1 is 1.11 bits per heavy atom. The molecule has 0 N–H and O–H groups in total. The summed E-state index contributed by atoms with van der Waals surface area (Å²) in [4.78, 5) is 23.0. The van der Waals surface area contributed by atoms with Crippen molar-refractivity contribution in [1.29, 1.82) is 0 Å². The Morgan fingerprint density at radius 2 is 1.89 bits per heavy atom. The Morgan fingerprint density at radius 3 is 2.59 bits per heavy atom. The van der Waals surface area contributed by atoms with Gasteiger partial charge in [-0.05, 0) is 24.3 Å². The van der Waals surface area contributed by atoms with E-state index in [1.165, 1.54) is 22.3 Å². The maximum Gasteiger partial charge on any atom is 0.265 e. The van der Waals surface area contributed by atoms with Crippen molar-refractivity contribution < 1.29 is 9.18 Å². The molecule has 4 rings (SSSR count). The molecule has 3 heterocycles. The lowest BCUT2D eigenvalue weighted by molar-refractivity contribution is 0.0634. The second-order valence-electron chi connectivity index (χ2n) is 6.28. The van der Waals surface area contributed by atoms with Crippen molar-refractivity contribution in [1.82, 2.24) is 14.8 Å². The number of nitrogens with zero attached hydrogens (tertiary/aromatic N) is 3. The van der Waals surface area contributed by atoms with Gasteiger partial charge in [0.05, 0.1) is 10.5 Å². The number of piperazine rings is 1. The van der Waals surface area contributed by atoms with Gasteiger partial charge in [0.1, 0.15) is 15.7 Å². The highest BCUT2D eigenvalue weighted by Gasteiger charge is 2.24. The molecule has 1 aromatic carbocycles. The van der Waals surface area contributed by atoms with Crippen LogP contribution in [0, 0.1) is 5.82 Å². The third-order valence-electron chi connectivity index (χ3n) is 4.49. The molecule has 3 aromatic rings. The molecule has 27 heavy (non-hydrogen) atoms. The molecule has 8 heteroatoms. The van der Waals surface area contributed by atoms with Gasteiger partial charge in [-0.1, -0.05) is 23.7 Å². The summed E-state index contributed by atoms with van der Waals surface area (Å²) in [6, 6.07) is 10.4. The highest BCUT2D eigenvalue weighted by Crippen LogP contribution is 2.28. The lowest BCUT2D eigenvalue weighted by atomic mass is 10.2. The van der Waals surface area contributed by atoms with Crippen LogP contribution in [0.4, 0.5) is 4.39 Å². The fourth-order valence-corrected chi connectivity index (χ4v) is 5.10. The molecule has 1 aliphatic heterocycles. The lowest BCUT2D eigenvalue weighted by Gasteiger charge is -2.34. The zero-order valence-corrected chi connectivity index (χ0v) is 16.8. The highest BCUT2D eigenvalue weighted by molar-refractivity contribution is 7.17. The third-order valence-corrected chi connectivity index (χ3v) is 6.72. The van der Waals surface area contributed by atoms with Crippen LogP contribution in [0.15, 0.2) is 42.6 Å². The fourth-order valence-electron chi connectivity index (χ4n) is 3.05. The minimum absolute atomic E-state index is 0.0334. The largest absolute Gasteiger partial charge is 0.335 e. The molecule has 0 radical (unpaired) electrons. The maximum atomic E-state index is 13.9. The predicted octanol–water partition coefficient (Wildman–Crippen LogP) is 4.62. The Hall–Kier alpha value is -1.80. The zero-order valence-electron chi connectivity index (χ0n) is 14.4. The molecular formula is C19H17ClFN3OS2. The fraction of sp³-hybridized carbons (Fsp3) is 0.263. The first-order chi connectivity index (χ1) is 13.1.